The molecule has 1 atom stereocenters. The summed E-state index contributed by atoms with van der Waals surface area (Å²) in [5.41, 5.74) is 2.67. The van der Waals surface area contributed by atoms with Crippen LogP contribution in [-0.2, 0) is 0 Å². The summed E-state index contributed by atoms with van der Waals surface area (Å²) in [6.45, 7) is 4.29. The first-order valence-corrected chi connectivity index (χ1v) is 6.76. The third kappa shape index (κ3) is 2.06. The first-order chi connectivity index (χ1) is 7.09. The highest BCUT2D eigenvalue weighted by atomic mass is 32.2. The molecule has 0 saturated heterocycles. The van der Waals surface area contributed by atoms with Gasteiger partial charge in [-0.3, -0.25) is 0 Å². The Kier molecular flexibility index (Phi) is 3.07. The Labute approximate surface area is 100 Å². The maximum Gasteiger partial charge on any atom is 0.0998 e. The van der Waals surface area contributed by atoms with Crippen LogP contribution in [0.5, 0.6) is 0 Å². The van der Waals surface area contributed by atoms with Crippen LogP contribution in [0, 0.1) is 0 Å². The smallest absolute Gasteiger partial charge is 0.0998 e. The monoisotopic (exact) mass is 240 g/mol. The highest BCUT2D eigenvalue weighted by molar-refractivity contribution is 8.06. The molecule has 0 N–H and O–H groups in total. The number of thioether (sulfide) groups is 2. The summed E-state index contributed by atoms with van der Waals surface area (Å²) in [5, 5.41) is 6.21. The van der Waals surface area contributed by atoms with Crippen molar-refractivity contribution in [3.05, 3.63) is 33.3 Å². The van der Waals surface area contributed by atoms with Gasteiger partial charge in [-0.25, -0.2) is 0 Å². The summed E-state index contributed by atoms with van der Waals surface area (Å²) in [6, 6.07) is 0. The van der Waals surface area contributed by atoms with Gasteiger partial charge in [0.1, 0.15) is 0 Å². The van der Waals surface area contributed by atoms with E-state index >= 15 is 0 Å². The van der Waals surface area contributed by atoms with E-state index in [9.17, 15) is 0 Å². The Bertz CT molecular complexity index is 358. The normalized spacial score (nSPS) is 28.8. The largest absolute Gasteiger partial charge is 0.362 e. The van der Waals surface area contributed by atoms with Gasteiger partial charge in [-0.2, -0.15) is 0 Å². The van der Waals surface area contributed by atoms with Gasteiger partial charge in [-0.15, -0.1) is 11.8 Å². The highest BCUT2D eigenvalue weighted by Crippen LogP contribution is 2.37. The zero-order valence-corrected chi connectivity index (χ0v) is 11.2. The summed E-state index contributed by atoms with van der Waals surface area (Å²) in [6.07, 6.45) is 2.33. The van der Waals surface area contributed by atoms with Crippen molar-refractivity contribution in [2.24, 2.45) is 0 Å². The molecule has 1 unspecified atom stereocenters. The van der Waals surface area contributed by atoms with E-state index in [1.54, 1.807) is 0 Å². The molecule has 0 aromatic heterocycles. The molecule has 0 aliphatic carbocycles. The summed E-state index contributed by atoms with van der Waals surface area (Å²) < 4.78 is 0. The predicted octanol–water partition coefficient (Wildman–Crippen LogP) is 3.23. The van der Waals surface area contributed by atoms with Crippen LogP contribution in [0.2, 0.25) is 0 Å². The number of nitrogens with zero attached hydrogens (tertiary/aromatic N) is 2. The molecule has 0 aromatic carbocycles. The number of likely N-dealkylation sites (N-methyl/N-ethyl adjacent to an activating group) is 1. The molecule has 2 heterocycles. The number of hydrogen-bond donors (Lipinski definition) is 0. The van der Waals surface area contributed by atoms with Crippen LogP contribution in [0.4, 0.5) is 0 Å². The Balaban J connectivity index is 2.07. The lowest BCUT2D eigenvalue weighted by atomic mass is 10.4. The van der Waals surface area contributed by atoms with Gasteiger partial charge in [0, 0.05) is 25.5 Å². The molecular formula is C11H16N2S2. The number of rotatable bonds is 1. The molecule has 2 aliphatic heterocycles. The molecule has 0 spiro atoms. The fourth-order valence-corrected chi connectivity index (χ4v) is 3.55. The van der Waals surface area contributed by atoms with E-state index in [4.69, 9.17) is 0 Å². The van der Waals surface area contributed by atoms with E-state index in [1.807, 2.05) is 23.5 Å². The third-order valence-corrected chi connectivity index (χ3v) is 5.13. The van der Waals surface area contributed by atoms with Gasteiger partial charge < -0.3 is 9.80 Å². The number of allylic oxidation sites excluding steroid dienone is 2. The molecule has 0 bridgehead atoms. The Morgan fingerprint density at radius 2 is 1.93 bits per heavy atom. The second-order valence-electron chi connectivity index (χ2n) is 3.84. The number of hydrogen-bond acceptors (Lipinski definition) is 4. The topological polar surface area (TPSA) is 6.48 Å². The maximum absolute atomic E-state index is 2.33. The van der Waals surface area contributed by atoms with Crippen LogP contribution >= 0.6 is 23.5 Å². The van der Waals surface area contributed by atoms with Gasteiger partial charge >= 0.3 is 0 Å². The SMILES string of the molecule is CC1=CS/C(=C\C2SC=C(C)N2C)N1C. The Morgan fingerprint density at radius 3 is 2.40 bits per heavy atom. The lowest BCUT2D eigenvalue weighted by molar-refractivity contribution is 0.442. The lowest BCUT2D eigenvalue weighted by Gasteiger charge is -2.22. The molecule has 0 aromatic rings. The summed E-state index contributed by atoms with van der Waals surface area (Å²) in [5.74, 6) is 0. The standard InChI is InChI=1S/C11H16N2S2/c1-8-6-14-10(12(8)3)5-11-13(4)9(2)7-15-11/h5-7,10H,1-4H3/b11-5-. The van der Waals surface area contributed by atoms with Gasteiger partial charge in [0.2, 0.25) is 0 Å². The van der Waals surface area contributed by atoms with Gasteiger partial charge in [0.15, 0.2) is 0 Å². The zero-order valence-electron chi connectivity index (χ0n) is 9.52. The second-order valence-corrected chi connectivity index (χ2v) is 5.72. The van der Waals surface area contributed by atoms with Crippen molar-refractivity contribution in [2.75, 3.05) is 14.1 Å². The van der Waals surface area contributed by atoms with Crippen molar-refractivity contribution >= 4 is 23.5 Å². The fraction of sp³-hybridized carbons (Fsp3) is 0.455. The van der Waals surface area contributed by atoms with Crippen LogP contribution in [0.1, 0.15) is 13.8 Å². The van der Waals surface area contributed by atoms with Crippen molar-refractivity contribution in [1.82, 2.24) is 9.80 Å². The van der Waals surface area contributed by atoms with E-state index < -0.39 is 0 Å². The zero-order chi connectivity index (χ0) is 11.0. The molecule has 4 heteroatoms. The quantitative estimate of drug-likeness (QED) is 0.694. The van der Waals surface area contributed by atoms with E-state index in [1.165, 1.54) is 16.4 Å². The van der Waals surface area contributed by atoms with Gasteiger partial charge in [-0.05, 0) is 30.7 Å². The van der Waals surface area contributed by atoms with Gasteiger partial charge in [0.25, 0.3) is 0 Å². The van der Waals surface area contributed by atoms with Crippen LogP contribution in [0.15, 0.2) is 33.3 Å². The molecule has 2 rings (SSSR count). The molecule has 2 aliphatic rings. The minimum atomic E-state index is 0.453. The van der Waals surface area contributed by atoms with Crippen LogP contribution in [-0.4, -0.2) is 29.3 Å². The van der Waals surface area contributed by atoms with E-state index in [0.29, 0.717) is 5.37 Å². The van der Waals surface area contributed by atoms with Gasteiger partial charge in [0.05, 0.1) is 10.4 Å². The second kappa shape index (κ2) is 4.18. The van der Waals surface area contributed by atoms with E-state index in [-0.39, 0.29) is 0 Å². The van der Waals surface area contributed by atoms with Crippen molar-refractivity contribution < 1.29 is 0 Å². The molecule has 0 saturated carbocycles. The fourth-order valence-electron chi connectivity index (χ4n) is 1.45. The molecule has 0 amide bonds. The molecule has 82 valence electrons. The molecule has 2 nitrogen and oxygen atoms in total. The Hall–Kier alpha value is -0.480. The molecular weight excluding hydrogens is 224 g/mol. The molecule has 0 radical (unpaired) electrons. The lowest BCUT2D eigenvalue weighted by Crippen LogP contribution is -2.22. The third-order valence-electron chi connectivity index (χ3n) is 2.81. The summed E-state index contributed by atoms with van der Waals surface area (Å²) >= 11 is 3.68. The average molecular weight is 240 g/mol. The highest BCUT2D eigenvalue weighted by Gasteiger charge is 2.22. The van der Waals surface area contributed by atoms with E-state index in [2.05, 4.69) is 54.6 Å². The van der Waals surface area contributed by atoms with Crippen LogP contribution in [0.25, 0.3) is 0 Å². The average Bonchev–Trinajstić information content (AvgIpc) is 2.68. The summed E-state index contributed by atoms with van der Waals surface area (Å²) in [4.78, 5) is 4.55. The van der Waals surface area contributed by atoms with Crippen LogP contribution in [0.3, 0.4) is 0 Å². The van der Waals surface area contributed by atoms with Crippen molar-refractivity contribution in [3.8, 4) is 0 Å². The first kappa shape index (κ1) is 11.0. The minimum Gasteiger partial charge on any atom is -0.362 e. The summed E-state index contributed by atoms with van der Waals surface area (Å²) in [7, 11) is 4.27. The molecule has 15 heavy (non-hydrogen) atoms. The van der Waals surface area contributed by atoms with E-state index in [0.717, 1.165) is 0 Å². The van der Waals surface area contributed by atoms with Crippen molar-refractivity contribution in [2.45, 2.75) is 19.2 Å². The van der Waals surface area contributed by atoms with Crippen LogP contribution < -0.4 is 0 Å². The predicted molar refractivity (Wildman–Crippen MR) is 70.1 cm³/mol. The van der Waals surface area contributed by atoms with Crippen molar-refractivity contribution in [1.29, 1.82) is 0 Å². The van der Waals surface area contributed by atoms with Gasteiger partial charge in [-0.1, -0.05) is 11.8 Å². The maximum atomic E-state index is 2.33. The van der Waals surface area contributed by atoms with Crippen molar-refractivity contribution in [3.63, 3.8) is 0 Å². The Morgan fingerprint density at radius 1 is 1.20 bits per heavy atom. The molecule has 0 fully saturated rings. The first-order valence-electron chi connectivity index (χ1n) is 4.93. The minimum absolute atomic E-state index is 0.453.